The molecular formula is C37H39ClN8O3. The molecule has 11 nitrogen and oxygen atoms in total. The van der Waals surface area contributed by atoms with Gasteiger partial charge in [-0.15, -0.1) is 5.10 Å². The molecule has 6 aromatic rings. The van der Waals surface area contributed by atoms with Crippen molar-refractivity contribution >= 4 is 17.6 Å². The van der Waals surface area contributed by atoms with Crippen LogP contribution in [0.4, 0.5) is 0 Å². The molecule has 0 spiro atoms. The van der Waals surface area contributed by atoms with Crippen LogP contribution in [0.2, 0.25) is 5.15 Å². The molecule has 0 bridgehead atoms. The van der Waals surface area contributed by atoms with E-state index < -0.39 is 5.97 Å². The predicted molar refractivity (Wildman–Crippen MR) is 187 cm³/mol. The first-order chi connectivity index (χ1) is 23.9. The minimum atomic E-state index is -0.419. The molecule has 252 valence electrons. The van der Waals surface area contributed by atoms with Crippen LogP contribution in [0.15, 0.2) is 91.5 Å². The standard InChI is InChI=1S/C37H39ClN8O3/c1-4-6-11-34-40-35(38)33(24-49-37(47)30-18-14-27(15-19-30)22-44-21-20-39-25-44)45(34)23-28-12-16-29(17-13-28)31-9-7-8-10-32(31)36-41-42-43-46(36)26(3)48-5-2/h7-10,12-21,25-26H,4-6,11,22-24H2,1-3H3. The molecule has 0 aliphatic heterocycles. The van der Waals surface area contributed by atoms with Crippen LogP contribution in [-0.2, 0) is 35.6 Å². The highest BCUT2D eigenvalue weighted by atomic mass is 35.5. The summed E-state index contributed by atoms with van der Waals surface area (Å²) in [7, 11) is 0. The van der Waals surface area contributed by atoms with Gasteiger partial charge in [0.1, 0.15) is 12.4 Å². The predicted octanol–water partition coefficient (Wildman–Crippen LogP) is 7.40. The number of aryl methyl sites for hydroxylation is 1. The van der Waals surface area contributed by atoms with Crippen LogP contribution >= 0.6 is 11.6 Å². The van der Waals surface area contributed by atoms with Crippen molar-refractivity contribution in [2.45, 2.75) is 66.0 Å². The summed E-state index contributed by atoms with van der Waals surface area (Å²) in [6, 6.07) is 23.8. The summed E-state index contributed by atoms with van der Waals surface area (Å²) in [5.74, 6) is 1.09. The average Bonchev–Trinajstić information content (AvgIpc) is 3.89. The van der Waals surface area contributed by atoms with Gasteiger partial charge in [0.05, 0.1) is 17.6 Å². The minimum Gasteiger partial charge on any atom is -0.456 e. The van der Waals surface area contributed by atoms with Gasteiger partial charge in [0.15, 0.2) is 17.2 Å². The van der Waals surface area contributed by atoms with Crippen LogP contribution in [0.25, 0.3) is 22.5 Å². The molecule has 0 fully saturated rings. The minimum absolute atomic E-state index is 0.00786. The summed E-state index contributed by atoms with van der Waals surface area (Å²) in [6.45, 7) is 7.78. The number of ether oxygens (including phenoxy) is 2. The van der Waals surface area contributed by atoms with Crippen molar-refractivity contribution < 1.29 is 14.3 Å². The van der Waals surface area contributed by atoms with E-state index in [4.69, 9.17) is 21.1 Å². The monoisotopic (exact) mass is 678 g/mol. The molecule has 0 radical (unpaired) electrons. The molecule has 49 heavy (non-hydrogen) atoms. The molecule has 0 N–H and O–H groups in total. The second kappa shape index (κ2) is 15.8. The Hall–Kier alpha value is -5.13. The van der Waals surface area contributed by atoms with Crippen LogP contribution in [-0.4, -0.2) is 51.9 Å². The highest BCUT2D eigenvalue weighted by molar-refractivity contribution is 6.30. The zero-order chi connectivity index (χ0) is 34.2. The molecule has 12 heteroatoms. The van der Waals surface area contributed by atoms with E-state index in [1.807, 2.05) is 54.9 Å². The largest absolute Gasteiger partial charge is 0.456 e. The van der Waals surface area contributed by atoms with Gasteiger partial charge in [0, 0.05) is 44.1 Å². The van der Waals surface area contributed by atoms with Gasteiger partial charge in [-0.25, -0.2) is 14.8 Å². The molecule has 3 aromatic carbocycles. The van der Waals surface area contributed by atoms with E-state index in [0.717, 1.165) is 52.9 Å². The van der Waals surface area contributed by atoms with Crippen LogP contribution in [0.5, 0.6) is 0 Å². The molecule has 0 amide bonds. The number of hydrogen-bond donors (Lipinski definition) is 0. The number of hydrogen-bond acceptors (Lipinski definition) is 8. The maximum Gasteiger partial charge on any atom is 0.338 e. The van der Waals surface area contributed by atoms with E-state index in [0.29, 0.717) is 41.9 Å². The van der Waals surface area contributed by atoms with Crippen LogP contribution < -0.4 is 0 Å². The van der Waals surface area contributed by atoms with E-state index in [-0.39, 0.29) is 12.8 Å². The lowest BCUT2D eigenvalue weighted by Gasteiger charge is -2.16. The van der Waals surface area contributed by atoms with E-state index in [2.05, 4.69) is 67.3 Å². The fourth-order valence-corrected chi connectivity index (χ4v) is 5.99. The first kappa shape index (κ1) is 33.8. The lowest BCUT2D eigenvalue weighted by atomic mass is 9.98. The molecule has 0 saturated heterocycles. The zero-order valence-electron chi connectivity index (χ0n) is 27.9. The molecule has 1 unspecified atom stereocenters. The Morgan fingerprint density at radius 3 is 2.39 bits per heavy atom. The van der Waals surface area contributed by atoms with Crippen molar-refractivity contribution in [1.29, 1.82) is 0 Å². The number of carbonyl (C=O) groups excluding carboxylic acids is 1. The zero-order valence-corrected chi connectivity index (χ0v) is 28.6. The molecule has 0 aliphatic rings. The van der Waals surface area contributed by atoms with Gasteiger partial charge >= 0.3 is 5.97 Å². The Bertz CT molecular complexity index is 1970. The van der Waals surface area contributed by atoms with E-state index in [1.54, 1.807) is 29.3 Å². The highest BCUT2D eigenvalue weighted by Gasteiger charge is 2.20. The third-order valence-electron chi connectivity index (χ3n) is 8.33. The summed E-state index contributed by atoms with van der Waals surface area (Å²) < 4.78 is 17.3. The quantitative estimate of drug-likeness (QED) is 0.103. The summed E-state index contributed by atoms with van der Waals surface area (Å²) >= 11 is 6.68. The summed E-state index contributed by atoms with van der Waals surface area (Å²) in [4.78, 5) is 21.8. The van der Waals surface area contributed by atoms with E-state index in [1.165, 1.54) is 0 Å². The molecule has 0 saturated carbocycles. The molecule has 6 rings (SSSR count). The summed E-state index contributed by atoms with van der Waals surface area (Å²) in [5, 5.41) is 12.8. The molecule has 0 aliphatic carbocycles. The van der Waals surface area contributed by atoms with Crippen molar-refractivity contribution in [2.24, 2.45) is 0 Å². The van der Waals surface area contributed by atoms with Crippen molar-refractivity contribution in [3.8, 4) is 22.5 Å². The first-order valence-corrected chi connectivity index (χ1v) is 16.9. The number of tetrazole rings is 1. The van der Waals surface area contributed by atoms with Gasteiger partial charge in [-0.1, -0.05) is 85.6 Å². The summed E-state index contributed by atoms with van der Waals surface area (Å²) in [5.41, 5.74) is 6.20. The second-order valence-electron chi connectivity index (χ2n) is 11.7. The summed E-state index contributed by atoms with van der Waals surface area (Å²) in [6.07, 6.45) is 7.85. The van der Waals surface area contributed by atoms with Crippen molar-refractivity contribution in [3.05, 3.63) is 125 Å². The fraction of sp³-hybridized carbons (Fsp3) is 0.297. The maximum atomic E-state index is 13.1. The number of imidazole rings is 2. The third-order valence-corrected chi connectivity index (χ3v) is 8.63. The van der Waals surface area contributed by atoms with Crippen molar-refractivity contribution in [1.82, 2.24) is 39.3 Å². The van der Waals surface area contributed by atoms with Crippen LogP contribution in [0.3, 0.4) is 0 Å². The lowest BCUT2D eigenvalue weighted by molar-refractivity contribution is 0.0159. The Labute approximate surface area is 290 Å². The number of carbonyl (C=O) groups is 1. The Kier molecular flexibility index (Phi) is 10.9. The van der Waals surface area contributed by atoms with Crippen molar-refractivity contribution in [3.63, 3.8) is 0 Å². The number of aromatic nitrogens is 8. The smallest absolute Gasteiger partial charge is 0.338 e. The van der Waals surface area contributed by atoms with Crippen LogP contribution in [0.1, 0.15) is 72.8 Å². The number of unbranched alkanes of at least 4 members (excludes halogenated alkanes) is 1. The number of halogens is 1. The van der Waals surface area contributed by atoms with Gasteiger partial charge in [0.2, 0.25) is 0 Å². The van der Waals surface area contributed by atoms with Crippen LogP contribution in [0, 0.1) is 0 Å². The highest BCUT2D eigenvalue weighted by Crippen LogP contribution is 2.32. The average molecular weight is 679 g/mol. The molecule has 3 aromatic heterocycles. The Morgan fingerprint density at radius 2 is 1.67 bits per heavy atom. The second-order valence-corrected chi connectivity index (χ2v) is 12.1. The molecule has 1 atom stereocenters. The van der Waals surface area contributed by atoms with Gasteiger partial charge in [0.25, 0.3) is 0 Å². The number of rotatable bonds is 15. The lowest BCUT2D eigenvalue weighted by Crippen LogP contribution is -2.13. The molecule has 3 heterocycles. The normalized spacial score (nSPS) is 11.9. The van der Waals surface area contributed by atoms with E-state index >= 15 is 0 Å². The first-order valence-electron chi connectivity index (χ1n) is 16.5. The van der Waals surface area contributed by atoms with E-state index in [9.17, 15) is 4.79 Å². The SMILES string of the molecule is CCCCc1nc(Cl)c(COC(=O)c2ccc(Cn3ccnc3)cc2)n1Cc1ccc(-c2ccccc2-c2nnnn2C(C)OCC)cc1. The van der Waals surface area contributed by atoms with Gasteiger partial charge < -0.3 is 18.6 Å². The Balaban J connectivity index is 1.19. The maximum absolute atomic E-state index is 13.1. The third kappa shape index (κ3) is 7.96. The van der Waals surface area contributed by atoms with Crippen molar-refractivity contribution in [2.75, 3.05) is 6.61 Å². The van der Waals surface area contributed by atoms with Gasteiger partial charge in [-0.2, -0.15) is 4.68 Å². The Morgan fingerprint density at radius 1 is 0.939 bits per heavy atom. The van der Waals surface area contributed by atoms with Gasteiger partial charge in [-0.05, 0) is 65.1 Å². The number of esters is 1. The number of nitrogens with zero attached hydrogens (tertiary/aromatic N) is 8. The molecular weight excluding hydrogens is 640 g/mol. The fourth-order valence-electron chi connectivity index (χ4n) is 5.74. The number of benzene rings is 3. The topological polar surface area (TPSA) is 115 Å². The van der Waals surface area contributed by atoms with Gasteiger partial charge in [-0.3, -0.25) is 0 Å².